The van der Waals surface area contributed by atoms with Gasteiger partial charge in [-0.1, -0.05) is 6.07 Å². The minimum Gasteiger partial charge on any atom is -0.494 e. The fraction of sp³-hybridized carbons (Fsp3) is 0.462. The second kappa shape index (κ2) is 5.01. The molecule has 0 N–H and O–H groups in total. The van der Waals surface area contributed by atoms with Gasteiger partial charge in [0.15, 0.2) is 0 Å². The molecule has 1 aromatic carbocycles. The van der Waals surface area contributed by atoms with E-state index in [1.54, 1.807) is 0 Å². The van der Waals surface area contributed by atoms with Gasteiger partial charge in [-0.2, -0.15) is 0 Å². The van der Waals surface area contributed by atoms with Crippen molar-refractivity contribution in [1.82, 2.24) is 0 Å². The Balaban J connectivity index is 1.98. The lowest BCUT2D eigenvalue weighted by Crippen LogP contribution is -2.12. The van der Waals surface area contributed by atoms with E-state index in [-0.39, 0.29) is 6.10 Å². The Bertz CT molecular complexity index is 373. The first-order chi connectivity index (χ1) is 7.78. The molecule has 3 heteroatoms. The summed E-state index contributed by atoms with van der Waals surface area (Å²) >= 11 is 0. The standard InChI is InChI=1S/C13H16O3/c1-2-15-11-4-3-5-12(9-11)16-13-7-6-10(14)8-13/h3-5,9,13H,2,6-8H2,1H3. The Hall–Kier alpha value is -1.51. The molecule has 1 aliphatic rings. The van der Waals surface area contributed by atoms with E-state index < -0.39 is 0 Å². The number of hydrogen-bond donors (Lipinski definition) is 0. The topological polar surface area (TPSA) is 35.5 Å². The monoisotopic (exact) mass is 220 g/mol. The van der Waals surface area contributed by atoms with Crippen LogP contribution in [0.3, 0.4) is 0 Å². The Morgan fingerprint density at radius 3 is 2.88 bits per heavy atom. The van der Waals surface area contributed by atoms with Crippen LogP contribution in [0.2, 0.25) is 0 Å². The third-order valence-electron chi connectivity index (χ3n) is 2.62. The molecule has 1 saturated carbocycles. The summed E-state index contributed by atoms with van der Waals surface area (Å²) in [5, 5.41) is 0. The number of benzene rings is 1. The molecule has 0 radical (unpaired) electrons. The molecule has 1 fully saturated rings. The van der Waals surface area contributed by atoms with Gasteiger partial charge in [0.2, 0.25) is 0 Å². The fourth-order valence-electron chi connectivity index (χ4n) is 1.88. The molecule has 0 aromatic heterocycles. The lowest BCUT2D eigenvalue weighted by Gasteiger charge is -2.13. The van der Waals surface area contributed by atoms with Crippen molar-refractivity contribution < 1.29 is 14.3 Å². The van der Waals surface area contributed by atoms with Crippen LogP contribution in [-0.4, -0.2) is 18.5 Å². The average Bonchev–Trinajstić information content (AvgIpc) is 2.65. The van der Waals surface area contributed by atoms with Crippen LogP contribution in [0.1, 0.15) is 26.2 Å². The molecular formula is C13H16O3. The average molecular weight is 220 g/mol. The highest BCUT2D eigenvalue weighted by atomic mass is 16.5. The van der Waals surface area contributed by atoms with E-state index in [2.05, 4.69) is 0 Å². The summed E-state index contributed by atoms with van der Waals surface area (Å²) in [6.45, 7) is 2.59. The zero-order chi connectivity index (χ0) is 11.4. The Labute approximate surface area is 95.4 Å². The SMILES string of the molecule is CCOc1cccc(OC2CCC(=O)C2)c1. The summed E-state index contributed by atoms with van der Waals surface area (Å²) < 4.78 is 11.1. The van der Waals surface area contributed by atoms with Gasteiger partial charge < -0.3 is 9.47 Å². The molecule has 16 heavy (non-hydrogen) atoms. The smallest absolute Gasteiger partial charge is 0.136 e. The largest absolute Gasteiger partial charge is 0.494 e. The van der Waals surface area contributed by atoms with Crippen LogP contribution in [-0.2, 0) is 4.79 Å². The van der Waals surface area contributed by atoms with Crippen LogP contribution in [0, 0.1) is 0 Å². The summed E-state index contributed by atoms with van der Waals surface area (Å²) in [6, 6.07) is 7.56. The van der Waals surface area contributed by atoms with E-state index in [1.165, 1.54) is 0 Å². The minimum absolute atomic E-state index is 0.0457. The molecule has 86 valence electrons. The zero-order valence-corrected chi connectivity index (χ0v) is 9.44. The minimum atomic E-state index is 0.0457. The summed E-state index contributed by atoms with van der Waals surface area (Å²) in [6.07, 6.45) is 2.07. The van der Waals surface area contributed by atoms with Crippen molar-refractivity contribution in [3.05, 3.63) is 24.3 Å². The summed E-state index contributed by atoms with van der Waals surface area (Å²) in [7, 11) is 0. The van der Waals surface area contributed by atoms with Crippen molar-refractivity contribution in [2.24, 2.45) is 0 Å². The molecule has 0 heterocycles. The Morgan fingerprint density at radius 1 is 1.38 bits per heavy atom. The molecule has 3 nitrogen and oxygen atoms in total. The zero-order valence-electron chi connectivity index (χ0n) is 9.44. The summed E-state index contributed by atoms with van der Waals surface area (Å²) in [5.74, 6) is 1.89. The third-order valence-corrected chi connectivity index (χ3v) is 2.62. The lowest BCUT2D eigenvalue weighted by molar-refractivity contribution is -0.117. The maximum Gasteiger partial charge on any atom is 0.136 e. The van der Waals surface area contributed by atoms with Gasteiger partial charge in [-0.3, -0.25) is 4.79 Å². The maximum atomic E-state index is 11.1. The van der Waals surface area contributed by atoms with E-state index in [0.29, 0.717) is 25.2 Å². The van der Waals surface area contributed by atoms with E-state index in [9.17, 15) is 4.79 Å². The molecule has 1 unspecified atom stereocenters. The van der Waals surface area contributed by atoms with Crippen molar-refractivity contribution >= 4 is 5.78 Å². The number of carbonyl (C=O) groups is 1. The van der Waals surface area contributed by atoms with Crippen molar-refractivity contribution in [2.75, 3.05) is 6.61 Å². The molecule has 1 aromatic rings. The molecular weight excluding hydrogens is 204 g/mol. The van der Waals surface area contributed by atoms with Crippen LogP contribution in [0.5, 0.6) is 11.5 Å². The summed E-state index contributed by atoms with van der Waals surface area (Å²) in [4.78, 5) is 11.1. The quantitative estimate of drug-likeness (QED) is 0.782. The third kappa shape index (κ3) is 2.75. The first-order valence-corrected chi connectivity index (χ1v) is 5.69. The van der Waals surface area contributed by atoms with Crippen LogP contribution in [0.25, 0.3) is 0 Å². The van der Waals surface area contributed by atoms with Gasteiger partial charge in [0.05, 0.1) is 6.61 Å². The van der Waals surface area contributed by atoms with E-state index in [4.69, 9.17) is 9.47 Å². The van der Waals surface area contributed by atoms with Gasteiger partial charge in [0.25, 0.3) is 0 Å². The van der Waals surface area contributed by atoms with Crippen molar-refractivity contribution in [3.63, 3.8) is 0 Å². The predicted molar refractivity (Wildman–Crippen MR) is 60.9 cm³/mol. The van der Waals surface area contributed by atoms with Gasteiger partial charge in [-0.15, -0.1) is 0 Å². The lowest BCUT2D eigenvalue weighted by atomic mass is 10.3. The van der Waals surface area contributed by atoms with Crippen LogP contribution in [0.15, 0.2) is 24.3 Å². The molecule has 0 amide bonds. The number of rotatable bonds is 4. The highest BCUT2D eigenvalue weighted by molar-refractivity contribution is 5.81. The predicted octanol–water partition coefficient (Wildman–Crippen LogP) is 2.59. The first kappa shape index (κ1) is 11.0. The molecule has 1 aliphatic carbocycles. The molecule has 0 aliphatic heterocycles. The normalized spacial score (nSPS) is 19.8. The summed E-state index contributed by atoms with van der Waals surface area (Å²) in [5.41, 5.74) is 0. The molecule has 0 spiro atoms. The van der Waals surface area contributed by atoms with E-state index >= 15 is 0 Å². The second-order valence-corrected chi connectivity index (χ2v) is 3.93. The number of hydrogen-bond acceptors (Lipinski definition) is 3. The van der Waals surface area contributed by atoms with Crippen molar-refractivity contribution in [2.45, 2.75) is 32.3 Å². The van der Waals surface area contributed by atoms with Gasteiger partial charge in [-0.25, -0.2) is 0 Å². The number of Topliss-reactive ketones (excluding diaryl/α,β-unsaturated/α-hetero) is 1. The van der Waals surface area contributed by atoms with Crippen LogP contribution >= 0.6 is 0 Å². The molecule has 2 rings (SSSR count). The highest BCUT2D eigenvalue weighted by Gasteiger charge is 2.23. The Morgan fingerprint density at radius 2 is 2.19 bits per heavy atom. The second-order valence-electron chi connectivity index (χ2n) is 3.93. The van der Waals surface area contributed by atoms with Crippen LogP contribution in [0.4, 0.5) is 0 Å². The maximum absolute atomic E-state index is 11.1. The van der Waals surface area contributed by atoms with E-state index in [0.717, 1.165) is 17.9 Å². The van der Waals surface area contributed by atoms with Crippen LogP contribution < -0.4 is 9.47 Å². The van der Waals surface area contributed by atoms with E-state index in [1.807, 2.05) is 31.2 Å². The van der Waals surface area contributed by atoms with Gasteiger partial charge >= 0.3 is 0 Å². The highest BCUT2D eigenvalue weighted by Crippen LogP contribution is 2.25. The molecule has 0 saturated heterocycles. The van der Waals surface area contributed by atoms with Crippen molar-refractivity contribution in [1.29, 1.82) is 0 Å². The number of ketones is 1. The van der Waals surface area contributed by atoms with Gasteiger partial charge in [0, 0.05) is 18.9 Å². The fourth-order valence-corrected chi connectivity index (χ4v) is 1.88. The van der Waals surface area contributed by atoms with Crippen molar-refractivity contribution in [3.8, 4) is 11.5 Å². The molecule has 1 atom stereocenters. The van der Waals surface area contributed by atoms with Gasteiger partial charge in [-0.05, 0) is 25.5 Å². The van der Waals surface area contributed by atoms with Gasteiger partial charge in [0.1, 0.15) is 23.4 Å². The number of ether oxygens (including phenoxy) is 2. The molecule has 0 bridgehead atoms. The Kier molecular flexibility index (Phi) is 3.44. The first-order valence-electron chi connectivity index (χ1n) is 5.69. The number of carbonyl (C=O) groups excluding carboxylic acids is 1.